The normalized spacial score (nSPS) is 13.6. The lowest BCUT2D eigenvalue weighted by molar-refractivity contribution is -0.887. The van der Waals surface area contributed by atoms with Crippen molar-refractivity contribution < 1.29 is 38.2 Å². The Balaban J connectivity index is 4.43. The first kappa shape index (κ1) is 53.8. The van der Waals surface area contributed by atoms with Crippen molar-refractivity contribution in [3.05, 3.63) is 72.9 Å². The van der Waals surface area contributed by atoms with Crippen LogP contribution in [0.3, 0.4) is 0 Å². The second-order valence-corrected chi connectivity index (χ2v) is 15.9. The van der Waals surface area contributed by atoms with Gasteiger partial charge in [-0.05, 0) is 64.2 Å². The maximum atomic E-state index is 12.7. The molecule has 8 heteroatoms. The van der Waals surface area contributed by atoms with Crippen LogP contribution < -0.4 is 0 Å². The minimum Gasteiger partial charge on any atom is -0.477 e. The van der Waals surface area contributed by atoms with Gasteiger partial charge in [0.25, 0.3) is 0 Å². The second kappa shape index (κ2) is 39.6. The van der Waals surface area contributed by atoms with Crippen LogP contribution >= 0.6 is 0 Å². The fraction of sp³-hybridized carbons (Fsp3) is 0.694. The number of likely N-dealkylation sites (N-methyl/N-ethyl adjacent to an activating group) is 1. The van der Waals surface area contributed by atoms with E-state index in [1.54, 1.807) is 0 Å². The quantitative estimate of drug-likeness (QED) is 0.0286. The fourth-order valence-electron chi connectivity index (χ4n) is 6.15. The Morgan fingerprint density at radius 2 is 0.982 bits per heavy atom. The average molecular weight is 799 g/mol. The molecule has 0 saturated carbocycles. The van der Waals surface area contributed by atoms with Crippen LogP contribution in [-0.4, -0.2) is 80.6 Å². The summed E-state index contributed by atoms with van der Waals surface area (Å²) in [6.45, 7) is 4.56. The van der Waals surface area contributed by atoms with Gasteiger partial charge >= 0.3 is 17.9 Å². The molecule has 0 radical (unpaired) electrons. The number of allylic oxidation sites excluding steroid dienone is 12. The maximum Gasteiger partial charge on any atom is 0.362 e. The van der Waals surface area contributed by atoms with E-state index in [4.69, 9.17) is 14.2 Å². The highest BCUT2D eigenvalue weighted by Crippen LogP contribution is 2.14. The molecule has 1 N–H and O–H groups in total. The van der Waals surface area contributed by atoms with Gasteiger partial charge in [-0.15, -0.1) is 0 Å². The number of esters is 2. The monoisotopic (exact) mass is 799 g/mol. The van der Waals surface area contributed by atoms with Gasteiger partial charge in [0.2, 0.25) is 0 Å². The Labute approximate surface area is 349 Å². The molecule has 0 spiro atoms. The number of hydrogen-bond acceptors (Lipinski definition) is 6. The van der Waals surface area contributed by atoms with E-state index in [1.807, 2.05) is 21.1 Å². The Morgan fingerprint density at radius 1 is 0.544 bits per heavy atom. The third kappa shape index (κ3) is 38.1. The third-order valence-corrected chi connectivity index (χ3v) is 9.62. The van der Waals surface area contributed by atoms with Crippen molar-refractivity contribution in [3.63, 3.8) is 0 Å². The van der Waals surface area contributed by atoms with Crippen LogP contribution in [0.2, 0.25) is 0 Å². The summed E-state index contributed by atoms with van der Waals surface area (Å²) in [6, 6.07) is -0.625. The number of aliphatic carboxylic acids is 1. The van der Waals surface area contributed by atoms with Gasteiger partial charge in [-0.25, -0.2) is 4.79 Å². The molecule has 0 fully saturated rings. The van der Waals surface area contributed by atoms with Crippen LogP contribution in [0.25, 0.3) is 0 Å². The highest BCUT2D eigenvalue weighted by Gasteiger charge is 2.31. The number of hydrogen-bond donors (Lipinski definition) is 1. The van der Waals surface area contributed by atoms with Gasteiger partial charge in [-0.1, -0.05) is 157 Å². The summed E-state index contributed by atoms with van der Waals surface area (Å²) in [5.74, 6) is -1.53. The lowest BCUT2D eigenvalue weighted by atomic mass is 10.0. The summed E-state index contributed by atoms with van der Waals surface area (Å²) in [7, 11) is 5.50. The van der Waals surface area contributed by atoms with Crippen LogP contribution in [0.15, 0.2) is 72.9 Å². The van der Waals surface area contributed by atoms with Crippen molar-refractivity contribution in [1.29, 1.82) is 0 Å². The van der Waals surface area contributed by atoms with Gasteiger partial charge in [0.1, 0.15) is 6.61 Å². The van der Waals surface area contributed by atoms with Gasteiger partial charge in [-0.3, -0.25) is 9.59 Å². The van der Waals surface area contributed by atoms with E-state index in [-0.39, 0.29) is 42.7 Å². The summed E-state index contributed by atoms with van der Waals surface area (Å²) < 4.78 is 17.2. The fourth-order valence-corrected chi connectivity index (χ4v) is 6.15. The third-order valence-electron chi connectivity index (χ3n) is 9.62. The highest BCUT2D eigenvalue weighted by molar-refractivity contribution is 5.72. The van der Waals surface area contributed by atoms with Crippen LogP contribution in [0.1, 0.15) is 168 Å². The van der Waals surface area contributed by atoms with E-state index in [1.165, 1.54) is 57.8 Å². The molecular formula is C49H84NO7+. The van der Waals surface area contributed by atoms with E-state index in [9.17, 15) is 19.5 Å². The number of quaternary nitrogens is 1. The van der Waals surface area contributed by atoms with Crippen molar-refractivity contribution in [2.45, 2.75) is 180 Å². The number of ether oxygens (including phenoxy) is 3. The zero-order valence-corrected chi connectivity index (χ0v) is 37.0. The highest BCUT2D eigenvalue weighted by atomic mass is 16.6. The lowest BCUT2D eigenvalue weighted by Crippen LogP contribution is -2.50. The predicted molar refractivity (Wildman–Crippen MR) is 238 cm³/mol. The zero-order chi connectivity index (χ0) is 42.1. The number of unbranched alkanes of at least 4 members (excludes halogenated alkanes) is 13. The molecule has 0 aliphatic heterocycles. The minimum absolute atomic E-state index is 0.0413. The SMILES string of the molecule is CC/C=C/C/C=C/C/C=C/C/C=C/C/C=C/C/C=C/CCCCC(=O)OC(COCCC(C(=O)O)[N+](C)(C)C)COC(=O)CCCCCCCCCCCCCC. The number of carboxylic acid groups (broad SMARTS) is 1. The average Bonchev–Trinajstić information content (AvgIpc) is 3.17. The topological polar surface area (TPSA) is 99.1 Å². The van der Waals surface area contributed by atoms with E-state index in [0.29, 0.717) is 19.3 Å². The van der Waals surface area contributed by atoms with Crippen molar-refractivity contribution in [1.82, 2.24) is 0 Å². The van der Waals surface area contributed by atoms with Crippen LogP contribution in [0.5, 0.6) is 0 Å². The zero-order valence-electron chi connectivity index (χ0n) is 37.0. The molecule has 0 aromatic rings. The standard InChI is InChI=1S/C49H83NO7/c1-6-8-10-12-14-16-18-20-21-22-23-24-25-26-27-28-30-32-34-36-38-40-48(52)57-45(43-55-42-41-46(49(53)54)50(3,4)5)44-56-47(51)39-37-35-33-31-29-19-17-15-13-11-9-7-2/h8,10,14,16,20-21,23-24,26-27,30,32,45-46H,6-7,9,11-13,15,17-19,22,25,28-29,31,33-44H2,1-5H3/p+1/b10-8+,16-14+,21-20+,24-23+,27-26+,32-30+. The summed E-state index contributed by atoms with van der Waals surface area (Å²) in [4.78, 5) is 37.0. The summed E-state index contributed by atoms with van der Waals surface area (Å²) in [5, 5.41) is 9.62. The Hall–Kier alpha value is -3.23. The molecule has 0 bridgehead atoms. The number of carbonyl (C=O) groups excluding carboxylic acids is 2. The molecule has 0 aromatic carbocycles. The molecule has 2 unspecified atom stereocenters. The lowest BCUT2D eigenvalue weighted by Gasteiger charge is -2.31. The molecule has 0 aromatic heterocycles. The van der Waals surface area contributed by atoms with Crippen molar-refractivity contribution in [3.8, 4) is 0 Å². The van der Waals surface area contributed by atoms with E-state index < -0.39 is 18.1 Å². The summed E-state index contributed by atoms with van der Waals surface area (Å²) in [6.07, 6.45) is 49.5. The molecule has 0 rings (SSSR count). The van der Waals surface area contributed by atoms with Crippen molar-refractivity contribution in [2.75, 3.05) is 41.0 Å². The number of carboxylic acids is 1. The van der Waals surface area contributed by atoms with E-state index >= 15 is 0 Å². The summed E-state index contributed by atoms with van der Waals surface area (Å²) >= 11 is 0. The number of rotatable bonds is 39. The van der Waals surface area contributed by atoms with Gasteiger partial charge in [0, 0.05) is 19.3 Å². The van der Waals surface area contributed by atoms with Crippen molar-refractivity contribution >= 4 is 17.9 Å². The first-order chi connectivity index (χ1) is 27.6. The molecule has 326 valence electrons. The maximum absolute atomic E-state index is 12.7. The molecule has 57 heavy (non-hydrogen) atoms. The Kier molecular flexibility index (Phi) is 37.3. The van der Waals surface area contributed by atoms with Gasteiger partial charge in [0.05, 0.1) is 34.4 Å². The predicted octanol–water partition coefficient (Wildman–Crippen LogP) is 12.4. The first-order valence-corrected chi connectivity index (χ1v) is 22.5. The first-order valence-electron chi connectivity index (χ1n) is 22.5. The van der Waals surface area contributed by atoms with Crippen molar-refractivity contribution in [2.24, 2.45) is 0 Å². The van der Waals surface area contributed by atoms with E-state index in [2.05, 4.69) is 86.8 Å². The van der Waals surface area contributed by atoms with Gasteiger partial charge in [-0.2, -0.15) is 0 Å². The molecular weight excluding hydrogens is 715 g/mol. The Bertz CT molecular complexity index is 1160. The molecule has 0 aliphatic carbocycles. The number of nitrogens with zero attached hydrogens (tertiary/aromatic N) is 1. The Morgan fingerprint density at radius 3 is 1.46 bits per heavy atom. The van der Waals surface area contributed by atoms with Gasteiger partial charge < -0.3 is 23.8 Å². The second-order valence-electron chi connectivity index (χ2n) is 15.9. The van der Waals surface area contributed by atoms with E-state index in [0.717, 1.165) is 70.6 Å². The smallest absolute Gasteiger partial charge is 0.362 e. The summed E-state index contributed by atoms with van der Waals surface area (Å²) in [5.41, 5.74) is 0. The number of carbonyl (C=O) groups is 3. The van der Waals surface area contributed by atoms with Crippen LogP contribution in [0.4, 0.5) is 0 Å². The van der Waals surface area contributed by atoms with Crippen LogP contribution in [-0.2, 0) is 28.6 Å². The van der Waals surface area contributed by atoms with Gasteiger partial charge in [0.15, 0.2) is 12.1 Å². The molecule has 0 amide bonds. The molecule has 2 atom stereocenters. The minimum atomic E-state index is -0.884. The molecule has 0 saturated heterocycles. The molecule has 0 aliphatic rings. The molecule has 0 heterocycles. The molecule has 8 nitrogen and oxygen atoms in total. The largest absolute Gasteiger partial charge is 0.477 e. The van der Waals surface area contributed by atoms with Crippen LogP contribution in [0, 0.1) is 0 Å².